The molecule has 1 amide bonds. The lowest BCUT2D eigenvalue weighted by molar-refractivity contribution is -0.127. The molecule has 2 N–H and O–H groups in total. The number of amides is 1. The monoisotopic (exact) mass is 382 g/mol. The van der Waals surface area contributed by atoms with Crippen molar-refractivity contribution in [2.45, 2.75) is 19.3 Å². The molecule has 2 aromatic carbocycles. The summed E-state index contributed by atoms with van der Waals surface area (Å²) in [6.45, 7) is 3.17. The van der Waals surface area contributed by atoms with E-state index in [0.29, 0.717) is 21.8 Å². The second kappa shape index (κ2) is 6.74. The molecule has 1 aliphatic rings. The standard InChI is InChI=1S/C21H19ClN2O3/c1-12(25)24-7-6-15(11-24)13-2-4-14(5-3-13)16-8-17-18(21(26)27)10-23-20(17)9-19(16)22/h2-5,8-10,15,23H,6-7,11H2,1H3,(H,26,27)/t15-/m0/s1. The molecule has 0 spiro atoms. The van der Waals surface area contributed by atoms with Gasteiger partial charge in [-0.3, -0.25) is 4.79 Å². The van der Waals surface area contributed by atoms with E-state index in [2.05, 4.69) is 17.1 Å². The molecule has 5 nitrogen and oxygen atoms in total. The van der Waals surface area contributed by atoms with E-state index >= 15 is 0 Å². The average molecular weight is 383 g/mol. The van der Waals surface area contributed by atoms with Crippen LogP contribution < -0.4 is 0 Å². The Kier molecular flexibility index (Phi) is 4.40. The van der Waals surface area contributed by atoms with Crippen LogP contribution in [-0.2, 0) is 4.79 Å². The number of carboxylic acid groups (broad SMARTS) is 1. The fourth-order valence-corrected chi connectivity index (χ4v) is 4.07. The number of nitrogens with zero attached hydrogens (tertiary/aromatic N) is 1. The summed E-state index contributed by atoms with van der Waals surface area (Å²) in [6, 6.07) is 11.7. The molecule has 0 radical (unpaired) electrons. The Morgan fingerprint density at radius 3 is 2.59 bits per heavy atom. The average Bonchev–Trinajstić information content (AvgIpc) is 3.28. The van der Waals surface area contributed by atoms with Crippen LogP contribution in [0, 0.1) is 0 Å². The minimum atomic E-state index is -0.971. The van der Waals surface area contributed by atoms with Gasteiger partial charge in [0.05, 0.1) is 10.6 Å². The van der Waals surface area contributed by atoms with Crippen LogP contribution in [0.1, 0.15) is 35.2 Å². The summed E-state index contributed by atoms with van der Waals surface area (Å²) in [4.78, 5) is 27.7. The number of H-pyrrole nitrogens is 1. The summed E-state index contributed by atoms with van der Waals surface area (Å²) in [7, 11) is 0. The Morgan fingerprint density at radius 1 is 1.22 bits per heavy atom. The predicted molar refractivity (Wildman–Crippen MR) is 105 cm³/mol. The van der Waals surface area contributed by atoms with E-state index in [1.807, 2.05) is 23.1 Å². The number of carbonyl (C=O) groups is 2. The predicted octanol–water partition coefficient (Wildman–Crippen LogP) is 4.52. The number of aromatic amines is 1. The Bertz CT molecular complexity index is 1040. The van der Waals surface area contributed by atoms with Crippen molar-refractivity contribution in [3.8, 4) is 11.1 Å². The normalized spacial score (nSPS) is 16.8. The number of carbonyl (C=O) groups excluding carboxylic acids is 1. The smallest absolute Gasteiger partial charge is 0.337 e. The molecule has 2 heterocycles. The fraction of sp³-hybridized carbons (Fsp3) is 0.238. The van der Waals surface area contributed by atoms with Gasteiger partial charge in [0, 0.05) is 48.6 Å². The van der Waals surface area contributed by atoms with Crippen LogP contribution >= 0.6 is 11.6 Å². The van der Waals surface area contributed by atoms with Crippen molar-refractivity contribution in [3.63, 3.8) is 0 Å². The SMILES string of the molecule is CC(=O)N1CC[C@H](c2ccc(-c3cc4c(C(=O)O)c[nH]c4cc3Cl)cc2)C1. The number of aromatic nitrogens is 1. The van der Waals surface area contributed by atoms with Crippen LogP contribution in [0.4, 0.5) is 0 Å². The topological polar surface area (TPSA) is 73.4 Å². The van der Waals surface area contributed by atoms with Gasteiger partial charge in [-0.2, -0.15) is 0 Å². The Hall–Kier alpha value is -2.79. The first-order valence-electron chi connectivity index (χ1n) is 8.84. The molecule has 138 valence electrons. The largest absolute Gasteiger partial charge is 0.478 e. The van der Waals surface area contributed by atoms with Gasteiger partial charge in [-0.15, -0.1) is 0 Å². The lowest BCUT2D eigenvalue weighted by atomic mass is 9.95. The van der Waals surface area contributed by atoms with Crippen molar-refractivity contribution in [2.75, 3.05) is 13.1 Å². The Balaban J connectivity index is 1.66. The molecule has 3 aromatic rings. The van der Waals surface area contributed by atoms with E-state index in [-0.39, 0.29) is 11.5 Å². The van der Waals surface area contributed by atoms with E-state index in [0.717, 1.165) is 30.6 Å². The zero-order valence-electron chi connectivity index (χ0n) is 14.8. The summed E-state index contributed by atoms with van der Waals surface area (Å²) in [5.74, 6) is -0.500. The highest BCUT2D eigenvalue weighted by molar-refractivity contribution is 6.34. The van der Waals surface area contributed by atoms with E-state index < -0.39 is 5.97 Å². The van der Waals surface area contributed by atoms with Gasteiger partial charge in [0.1, 0.15) is 0 Å². The van der Waals surface area contributed by atoms with Crippen molar-refractivity contribution in [3.05, 3.63) is 58.7 Å². The highest BCUT2D eigenvalue weighted by atomic mass is 35.5. The van der Waals surface area contributed by atoms with Crippen molar-refractivity contribution in [1.29, 1.82) is 0 Å². The quantitative estimate of drug-likeness (QED) is 0.699. The zero-order valence-corrected chi connectivity index (χ0v) is 15.6. The van der Waals surface area contributed by atoms with Crippen molar-refractivity contribution in [2.24, 2.45) is 0 Å². The van der Waals surface area contributed by atoms with Crippen LogP contribution in [0.5, 0.6) is 0 Å². The van der Waals surface area contributed by atoms with Gasteiger partial charge in [0.15, 0.2) is 0 Å². The van der Waals surface area contributed by atoms with Crippen molar-refractivity contribution >= 4 is 34.4 Å². The van der Waals surface area contributed by atoms with E-state index in [9.17, 15) is 14.7 Å². The van der Waals surface area contributed by atoms with Gasteiger partial charge in [0.25, 0.3) is 0 Å². The first-order valence-corrected chi connectivity index (χ1v) is 9.21. The summed E-state index contributed by atoms with van der Waals surface area (Å²) < 4.78 is 0. The van der Waals surface area contributed by atoms with Gasteiger partial charge >= 0.3 is 5.97 Å². The van der Waals surface area contributed by atoms with Gasteiger partial charge in [0.2, 0.25) is 5.91 Å². The fourth-order valence-electron chi connectivity index (χ4n) is 3.79. The van der Waals surface area contributed by atoms with Crippen LogP contribution in [0.2, 0.25) is 5.02 Å². The number of benzene rings is 2. The van der Waals surface area contributed by atoms with Crippen molar-refractivity contribution in [1.82, 2.24) is 9.88 Å². The van der Waals surface area contributed by atoms with Gasteiger partial charge in [-0.1, -0.05) is 35.9 Å². The lowest BCUT2D eigenvalue weighted by Gasteiger charge is -2.14. The van der Waals surface area contributed by atoms with E-state index in [1.54, 1.807) is 13.0 Å². The van der Waals surface area contributed by atoms with Crippen LogP contribution in [0.15, 0.2) is 42.6 Å². The number of fused-ring (bicyclic) bond motifs is 1. The number of likely N-dealkylation sites (tertiary alicyclic amines) is 1. The third-order valence-electron chi connectivity index (χ3n) is 5.33. The van der Waals surface area contributed by atoms with Crippen LogP contribution in [0.25, 0.3) is 22.0 Å². The molecule has 27 heavy (non-hydrogen) atoms. The third kappa shape index (κ3) is 3.19. The maximum atomic E-state index is 11.5. The van der Waals surface area contributed by atoms with Crippen LogP contribution in [0.3, 0.4) is 0 Å². The number of nitrogens with one attached hydrogen (secondary N) is 1. The van der Waals surface area contributed by atoms with Gasteiger partial charge in [-0.25, -0.2) is 4.79 Å². The molecule has 0 aliphatic carbocycles. The number of hydrogen-bond acceptors (Lipinski definition) is 2. The second-order valence-electron chi connectivity index (χ2n) is 6.96. The minimum absolute atomic E-state index is 0.120. The van der Waals surface area contributed by atoms with Crippen LogP contribution in [-0.4, -0.2) is 40.0 Å². The number of rotatable bonds is 3. The Labute approximate surface area is 161 Å². The number of hydrogen-bond donors (Lipinski definition) is 2. The molecular formula is C21H19ClN2O3. The maximum absolute atomic E-state index is 11.5. The Morgan fingerprint density at radius 2 is 1.96 bits per heavy atom. The first-order chi connectivity index (χ1) is 12.9. The lowest BCUT2D eigenvalue weighted by Crippen LogP contribution is -2.25. The molecule has 4 rings (SSSR count). The molecule has 1 aromatic heterocycles. The van der Waals surface area contributed by atoms with E-state index in [4.69, 9.17) is 11.6 Å². The number of carboxylic acids is 1. The highest BCUT2D eigenvalue weighted by Crippen LogP contribution is 2.35. The van der Waals surface area contributed by atoms with Crippen molar-refractivity contribution < 1.29 is 14.7 Å². The molecule has 1 atom stereocenters. The summed E-state index contributed by atoms with van der Waals surface area (Å²) in [5.41, 5.74) is 3.87. The summed E-state index contributed by atoms with van der Waals surface area (Å²) in [6.07, 6.45) is 2.45. The van der Waals surface area contributed by atoms with E-state index in [1.165, 1.54) is 11.8 Å². The zero-order chi connectivity index (χ0) is 19.1. The molecule has 6 heteroatoms. The molecule has 0 saturated carbocycles. The molecule has 0 unspecified atom stereocenters. The summed E-state index contributed by atoms with van der Waals surface area (Å²) in [5, 5.41) is 10.5. The summed E-state index contributed by atoms with van der Waals surface area (Å²) >= 11 is 6.44. The second-order valence-corrected chi connectivity index (χ2v) is 7.36. The third-order valence-corrected chi connectivity index (χ3v) is 5.64. The molecule has 0 bridgehead atoms. The molecule has 1 saturated heterocycles. The number of aromatic carboxylic acids is 1. The molecule has 1 fully saturated rings. The highest BCUT2D eigenvalue weighted by Gasteiger charge is 2.25. The molecular weight excluding hydrogens is 364 g/mol. The van der Waals surface area contributed by atoms with Gasteiger partial charge in [-0.05, 0) is 29.7 Å². The number of halogens is 1. The maximum Gasteiger partial charge on any atom is 0.337 e. The van der Waals surface area contributed by atoms with Gasteiger partial charge < -0.3 is 15.0 Å². The first kappa shape index (κ1) is 17.6. The minimum Gasteiger partial charge on any atom is -0.478 e. The molecule has 1 aliphatic heterocycles.